The Hall–Kier alpha value is -1.92. The number of fused-ring (bicyclic) bond motifs is 1. The zero-order valence-corrected chi connectivity index (χ0v) is 10.2. The number of halogens is 4. The van der Waals surface area contributed by atoms with E-state index in [0.717, 1.165) is 5.56 Å². The van der Waals surface area contributed by atoms with Gasteiger partial charge in [0.1, 0.15) is 5.82 Å². The molecule has 0 bridgehead atoms. The number of hydrogen-bond acceptors (Lipinski definition) is 3. The Morgan fingerprint density at radius 1 is 1.21 bits per heavy atom. The van der Waals surface area contributed by atoms with Crippen molar-refractivity contribution in [3.63, 3.8) is 0 Å². The molecule has 0 saturated carbocycles. The number of nitrogens with one attached hydrogen (secondary N) is 1. The first-order valence-electron chi connectivity index (χ1n) is 5.49. The monoisotopic (exact) mass is 273 g/mol. The van der Waals surface area contributed by atoms with E-state index in [0.29, 0.717) is 5.39 Å². The van der Waals surface area contributed by atoms with Gasteiger partial charge in [0.2, 0.25) is 5.82 Å². The fourth-order valence-corrected chi connectivity index (χ4v) is 1.68. The van der Waals surface area contributed by atoms with Gasteiger partial charge in [0.05, 0.1) is 5.52 Å². The van der Waals surface area contributed by atoms with Gasteiger partial charge in [0.25, 0.3) is 0 Å². The Kier molecular flexibility index (Phi) is 3.30. The molecular formula is C12H11F4N3. The van der Waals surface area contributed by atoms with Crippen molar-refractivity contribution in [1.82, 2.24) is 9.97 Å². The van der Waals surface area contributed by atoms with E-state index in [9.17, 15) is 17.6 Å². The van der Waals surface area contributed by atoms with Crippen molar-refractivity contribution >= 4 is 16.7 Å². The van der Waals surface area contributed by atoms with E-state index >= 15 is 0 Å². The fourth-order valence-electron chi connectivity index (χ4n) is 1.68. The highest BCUT2D eigenvalue weighted by Crippen LogP contribution is 2.34. The van der Waals surface area contributed by atoms with Crippen LogP contribution in [0.15, 0.2) is 18.2 Å². The lowest BCUT2D eigenvalue weighted by Gasteiger charge is -2.15. The maximum Gasteiger partial charge on any atom is 0.365 e. The van der Waals surface area contributed by atoms with Gasteiger partial charge >= 0.3 is 12.3 Å². The third-order valence-electron chi connectivity index (χ3n) is 2.66. The van der Waals surface area contributed by atoms with Gasteiger partial charge in [0.15, 0.2) is 0 Å². The number of anilines is 1. The molecule has 1 N–H and O–H groups in total. The van der Waals surface area contributed by atoms with Crippen LogP contribution in [0.3, 0.4) is 0 Å². The molecule has 0 unspecified atom stereocenters. The van der Waals surface area contributed by atoms with Crippen molar-refractivity contribution in [3.05, 3.63) is 29.6 Å². The lowest BCUT2D eigenvalue weighted by molar-refractivity contribution is -0.140. The number of aromatic nitrogens is 2. The Morgan fingerprint density at radius 3 is 2.47 bits per heavy atom. The van der Waals surface area contributed by atoms with Crippen molar-refractivity contribution in [2.75, 3.05) is 12.4 Å². The van der Waals surface area contributed by atoms with Crippen molar-refractivity contribution in [2.45, 2.75) is 19.3 Å². The smallest absolute Gasteiger partial charge is 0.365 e. The maximum absolute atomic E-state index is 13.3. The topological polar surface area (TPSA) is 37.8 Å². The number of nitrogens with zero attached hydrogens (tertiary/aromatic N) is 2. The normalized spacial score (nSPS) is 12.2. The largest absolute Gasteiger partial charge is 0.373 e. The minimum absolute atomic E-state index is 0.101. The minimum Gasteiger partial charge on any atom is -0.373 e. The van der Waals surface area contributed by atoms with E-state index in [1.165, 1.54) is 13.1 Å². The summed E-state index contributed by atoms with van der Waals surface area (Å²) in [4.78, 5) is 7.04. The van der Waals surface area contributed by atoms with E-state index in [1.807, 2.05) is 6.92 Å². The summed E-state index contributed by atoms with van der Waals surface area (Å²) in [5.74, 6) is -5.45. The molecule has 19 heavy (non-hydrogen) atoms. The van der Waals surface area contributed by atoms with Crippen LogP contribution in [0.4, 0.5) is 23.4 Å². The second-order valence-corrected chi connectivity index (χ2v) is 4.09. The molecule has 1 heterocycles. The molecule has 0 spiro atoms. The van der Waals surface area contributed by atoms with Gasteiger partial charge in [-0.15, -0.1) is 0 Å². The second-order valence-electron chi connectivity index (χ2n) is 4.09. The Labute approximate surface area is 106 Å². The first-order valence-corrected chi connectivity index (χ1v) is 5.49. The van der Waals surface area contributed by atoms with Crippen LogP contribution in [0.25, 0.3) is 10.9 Å². The van der Waals surface area contributed by atoms with Crippen molar-refractivity contribution < 1.29 is 17.6 Å². The summed E-state index contributed by atoms with van der Waals surface area (Å²) in [5, 5.41) is 3.13. The van der Waals surface area contributed by atoms with E-state index in [2.05, 4.69) is 15.3 Å². The molecule has 102 valence electrons. The maximum atomic E-state index is 13.3. The van der Waals surface area contributed by atoms with Gasteiger partial charge in [-0.3, -0.25) is 0 Å². The lowest BCUT2D eigenvalue weighted by Crippen LogP contribution is -2.26. The predicted octanol–water partition coefficient (Wildman–Crippen LogP) is 3.34. The van der Waals surface area contributed by atoms with E-state index < -0.39 is 18.2 Å². The SMILES string of the molecule is CNc1nc(C(F)(F)C(F)F)nc2ccc(C)cc12. The average Bonchev–Trinajstić information content (AvgIpc) is 2.37. The van der Waals surface area contributed by atoms with E-state index in [-0.39, 0.29) is 11.3 Å². The van der Waals surface area contributed by atoms with Gasteiger partial charge in [-0.25, -0.2) is 18.7 Å². The van der Waals surface area contributed by atoms with Crippen LogP contribution in [-0.4, -0.2) is 23.4 Å². The highest BCUT2D eigenvalue weighted by atomic mass is 19.3. The molecule has 3 nitrogen and oxygen atoms in total. The molecule has 0 amide bonds. The van der Waals surface area contributed by atoms with Gasteiger partial charge in [-0.05, 0) is 19.1 Å². The van der Waals surface area contributed by atoms with Crippen molar-refractivity contribution in [1.29, 1.82) is 0 Å². The van der Waals surface area contributed by atoms with Gasteiger partial charge in [-0.1, -0.05) is 11.6 Å². The highest BCUT2D eigenvalue weighted by Gasteiger charge is 2.46. The quantitative estimate of drug-likeness (QED) is 0.871. The summed E-state index contributed by atoms with van der Waals surface area (Å²) in [6.45, 7) is 1.82. The molecule has 2 aromatic rings. The van der Waals surface area contributed by atoms with Gasteiger partial charge in [-0.2, -0.15) is 8.78 Å². The fraction of sp³-hybridized carbons (Fsp3) is 0.333. The molecule has 0 fully saturated rings. The predicted molar refractivity (Wildman–Crippen MR) is 63.7 cm³/mol. The molecule has 0 saturated heterocycles. The first kappa shape index (κ1) is 13.5. The summed E-state index contributed by atoms with van der Waals surface area (Å²) >= 11 is 0. The Morgan fingerprint density at radius 2 is 1.89 bits per heavy atom. The molecular weight excluding hydrogens is 262 g/mol. The van der Waals surface area contributed by atoms with E-state index in [4.69, 9.17) is 0 Å². The van der Waals surface area contributed by atoms with Crippen LogP contribution < -0.4 is 5.32 Å². The lowest BCUT2D eigenvalue weighted by atomic mass is 10.1. The molecule has 0 atom stereocenters. The number of benzene rings is 1. The van der Waals surface area contributed by atoms with Crippen molar-refractivity contribution in [2.24, 2.45) is 0 Å². The van der Waals surface area contributed by atoms with Crippen LogP contribution in [0.5, 0.6) is 0 Å². The summed E-state index contributed by atoms with van der Waals surface area (Å²) < 4.78 is 51.3. The number of alkyl halides is 4. The first-order chi connectivity index (χ1) is 8.86. The summed E-state index contributed by atoms with van der Waals surface area (Å²) in [6, 6.07) is 4.86. The molecule has 7 heteroatoms. The number of hydrogen-bond donors (Lipinski definition) is 1. The zero-order chi connectivity index (χ0) is 14.2. The third kappa shape index (κ3) is 2.32. The van der Waals surface area contributed by atoms with Gasteiger partial charge in [0, 0.05) is 12.4 Å². The molecule has 2 rings (SSSR count). The Bertz CT molecular complexity index is 613. The van der Waals surface area contributed by atoms with Gasteiger partial charge < -0.3 is 5.32 Å². The summed E-state index contributed by atoms with van der Waals surface area (Å²) in [5.41, 5.74) is 1.08. The van der Waals surface area contributed by atoms with Crippen molar-refractivity contribution in [3.8, 4) is 0 Å². The molecule has 0 aliphatic carbocycles. The molecule has 1 aromatic carbocycles. The van der Waals surface area contributed by atoms with Crippen LogP contribution in [0.2, 0.25) is 0 Å². The zero-order valence-electron chi connectivity index (χ0n) is 10.2. The molecule has 0 aliphatic rings. The van der Waals surface area contributed by atoms with Crippen LogP contribution in [-0.2, 0) is 5.92 Å². The molecule has 0 aliphatic heterocycles. The van der Waals surface area contributed by atoms with E-state index in [1.54, 1.807) is 12.1 Å². The minimum atomic E-state index is -4.37. The van der Waals surface area contributed by atoms with Crippen LogP contribution in [0, 0.1) is 6.92 Å². The second kappa shape index (κ2) is 4.64. The number of rotatable bonds is 3. The average molecular weight is 273 g/mol. The van der Waals surface area contributed by atoms with Crippen LogP contribution in [0.1, 0.15) is 11.4 Å². The highest BCUT2D eigenvalue weighted by molar-refractivity contribution is 5.89. The standard InChI is InChI=1S/C12H11F4N3/c1-6-3-4-8-7(5-6)9(17-2)19-11(18-8)12(15,16)10(13)14/h3-5,10H,1-2H3,(H,17,18,19). The Balaban J connectivity index is 2.70. The number of aryl methyl sites for hydroxylation is 1. The molecule has 1 aromatic heterocycles. The molecule has 0 radical (unpaired) electrons. The summed E-state index contributed by atoms with van der Waals surface area (Å²) in [7, 11) is 1.48. The third-order valence-corrected chi connectivity index (χ3v) is 2.66. The van der Waals surface area contributed by atoms with Crippen LogP contribution >= 0.6 is 0 Å². The summed E-state index contributed by atoms with van der Waals surface area (Å²) in [6.07, 6.45) is -3.85.